The number of imide groups is 1. The Morgan fingerprint density at radius 2 is 1.75 bits per heavy atom. The molecule has 0 saturated carbocycles. The lowest BCUT2D eigenvalue weighted by molar-refractivity contribution is -0.127. The minimum Gasteiger partial charge on any atom is -0.493 e. The van der Waals surface area contributed by atoms with E-state index in [9.17, 15) is 14.4 Å². The molecule has 0 radical (unpaired) electrons. The second-order valence-electron chi connectivity index (χ2n) is 9.15. The van der Waals surface area contributed by atoms with Gasteiger partial charge in [0.15, 0.2) is 11.5 Å². The van der Waals surface area contributed by atoms with E-state index in [0.29, 0.717) is 42.6 Å². The highest BCUT2D eigenvalue weighted by molar-refractivity contribution is 8.18. The molecule has 0 atom stereocenters. The number of amides is 3. The summed E-state index contributed by atoms with van der Waals surface area (Å²) in [4.78, 5) is 41.6. The van der Waals surface area contributed by atoms with Gasteiger partial charge in [-0.05, 0) is 65.4 Å². The topological polar surface area (TPSA) is 97.4 Å². The number of carbonyl (C=O) groups is 3. The molecular weight excluding hydrogens is 530 g/mol. The van der Waals surface area contributed by atoms with Gasteiger partial charge in [0.25, 0.3) is 11.1 Å². The van der Waals surface area contributed by atoms with Gasteiger partial charge in [-0.3, -0.25) is 19.3 Å². The van der Waals surface area contributed by atoms with E-state index < -0.39 is 17.1 Å². The van der Waals surface area contributed by atoms with Crippen LogP contribution in [0, 0.1) is 0 Å². The summed E-state index contributed by atoms with van der Waals surface area (Å²) >= 11 is 0.799. The summed E-state index contributed by atoms with van der Waals surface area (Å²) in [5, 5.41) is 2.27. The van der Waals surface area contributed by atoms with Gasteiger partial charge in [0.2, 0.25) is 5.91 Å². The minimum atomic E-state index is -0.517. The number of morpholine rings is 1. The summed E-state index contributed by atoms with van der Waals surface area (Å²) in [5.74, 6) is 0.0922. The molecule has 0 bridgehead atoms. The lowest BCUT2D eigenvalue weighted by Gasteiger charge is -2.28. The fourth-order valence-electron chi connectivity index (χ4n) is 4.34. The van der Waals surface area contributed by atoms with Crippen LogP contribution in [-0.2, 0) is 20.9 Å². The number of ether oxygens (including phenoxy) is 3. The molecule has 10 heteroatoms. The maximum atomic E-state index is 13.0. The van der Waals surface area contributed by atoms with E-state index in [1.807, 2.05) is 42.5 Å². The number of benzene rings is 3. The standard InChI is InChI=1S/C30H29N3O6S/c1-37-26-17-22(7-12-25(26)39-20-21-5-3-2-4-6-21)18-27-29(35)33(30(36)40-27)19-28(34)31-23-8-10-24(11-9-23)32-13-15-38-16-14-32/h2-12,17-18H,13-16,19-20H2,1H3,(H,31,34)/b27-18+. The highest BCUT2D eigenvalue weighted by Crippen LogP contribution is 2.35. The third-order valence-corrected chi connectivity index (χ3v) is 7.33. The Kier molecular flexibility index (Phi) is 8.68. The minimum absolute atomic E-state index is 0.229. The van der Waals surface area contributed by atoms with Crippen LogP contribution in [0.15, 0.2) is 77.7 Å². The summed E-state index contributed by atoms with van der Waals surface area (Å²) in [5.41, 5.74) is 3.33. The van der Waals surface area contributed by atoms with Crippen LogP contribution in [0.4, 0.5) is 16.2 Å². The number of nitrogens with zero attached hydrogens (tertiary/aromatic N) is 2. The molecule has 3 amide bonds. The molecule has 2 saturated heterocycles. The van der Waals surface area contributed by atoms with Crippen LogP contribution in [0.25, 0.3) is 6.08 Å². The second kappa shape index (κ2) is 12.7. The number of rotatable bonds is 9. The quantitative estimate of drug-likeness (QED) is 0.374. The number of thioether (sulfide) groups is 1. The largest absolute Gasteiger partial charge is 0.493 e. The molecule has 2 heterocycles. The van der Waals surface area contributed by atoms with E-state index >= 15 is 0 Å². The molecule has 206 valence electrons. The summed E-state index contributed by atoms with van der Waals surface area (Å²) in [6.07, 6.45) is 1.61. The van der Waals surface area contributed by atoms with Crippen molar-refractivity contribution >= 4 is 46.3 Å². The van der Waals surface area contributed by atoms with Gasteiger partial charge < -0.3 is 24.4 Å². The third-order valence-electron chi connectivity index (χ3n) is 6.43. The van der Waals surface area contributed by atoms with Gasteiger partial charge in [-0.15, -0.1) is 0 Å². The molecule has 0 spiro atoms. The summed E-state index contributed by atoms with van der Waals surface area (Å²) < 4.78 is 16.7. The first-order valence-electron chi connectivity index (χ1n) is 12.8. The highest BCUT2D eigenvalue weighted by atomic mass is 32.2. The summed E-state index contributed by atoms with van der Waals surface area (Å²) in [7, 11) is 1.54. The normalized spacial score (nSPS) is 16.4. The van der Waals surface area contributed by atoms with E-state index in [2.05, 4.69) is 10.2 Å². The van der Waals surface area contributed by atoms with E-state index in [4.69, 9.17) is 14.2 Å². The van der Waals surface area contributed by atoms with Crippen molar-refractivity contribution < 1.29 is 28.6 Å². The molecule has 0 aromatic heterocycles. The molecule has 5 rings (SSSR count). The van der Waals surface area contributed by atoms with Crippen LogP contribution < -0.4 is 19.7 Å². The number of hydrogen-bond acceptors (Lipinski definition) is 8. The zero-order chi connectivity index (χ0) is 27.9. The van der Waals surface area contributed by atoms with Crippen molar-refractivity contribution in [3.05, 3.63) is 88.8 Å². The molecule has 2 fully saturated rings. The molecule has 2 aliphatic heterocycles. The number of hydrogen-bond donors (Lipinski definition) is 1. The molecule has 2 aliphatic rings. The maximum absolute atomic E-state index is 13.0. The van der Waals surface area contributed by atoms with Gasteiger partial charge in [-0.25, -0.2) is 0 Å². The van der Waals surface area contributed by atoms with E-state index in [-0.39, 0.29) is 11.4 Å². The SMILES string of the molecule is COc1cc(/C=C2/SC(=O)N(CC(=O)Nc3ccc(N4CCOCC4)cc3)C2=O)ccc1OCc1ccccc1. The third kappa shape index (κ3) is 6.64. The van der Waals surface area contributed by atoms with E-state index in [1.165, 1.54) is 7.11 Å². The second-order valence-corrected chi connectivity index (χ2v) is 10.1. The smallest absolute Gasteiger partial charge is 0.294 e. The molecule has 1 N–H and O–H groups in total. The van der Waals surface area contributed by atoms with Gasteiger partial charge >= 0.3 is 0 Å². The number of anilines is 2. The van der Waals surface area contributed by atoms with Crippen molar-refractivity contribution in [2.75, 3.05) is 50.2 Å². The van der Waals surface area contributed by atoms with Crippen molar-refractivity contribution in [3.63, 3.8) is 0 Å². The predicted molar refractivity (Wildman–Crippen MR) is 155 cm³/mol. The lowest BCUT2D eigenvalue weighted by atomic mass is 10.1. The Hall–Kier alpha value is -4.28. The monoisotopic (exact) mass is 559 g/mol. The Labute approximate surface area is 236 Å². The van der Waals surface area contributed by atoms with Gasteiger partial charge in [-0.2, -0.15) is 0 Å². The van der Waals surface area contributed by atoms with Crippen LogP contribution in [-0.4, -0.2) is 61.9 Å². The van der Waals surface area contributed by atoms with Gasteiger partial charge in [0, 0.05) is 24.5 Å². The van der Waals surface area contributed by atoms with Gasteiger partial charge in [-0.1, -0.05) is 36.4 Å². The Morgan fingerprint density at radius 1 is 1.00 bits per heavy atom. The number of methoxy groups -OCH3 is 1. The molecule has 3 aromatic rings. The first kappa shape index (κ1) is 27.3. The molecule has 3 aromatic carbocycles. The number of carbonyl (C=O) groups excluding carboxylic acids is 3. The van der Waals surface area contributed by atoms with E-state index in [1.54, 1.807) is 36.4 Å². The number of nitrogens with one attached hydrogen (secondary N) is 1. The fourth-order valence-corrected chi connectivity index (χ4v) is 5.18. The Balaban J connectivity index is 1.19. The molecular formula is C30H29N3O6S. The summed E-state index contributed by atoms with van der Waals surface area (Å²) in [6.45, 7) is 3.02. The molecule has 9 nitrogen and oxygen atoms in total. The van der Waals surface area contributed by atoms with Crippen LogP contribution in [0.2, 0.25) is 0 Å². The molecule has 0 aliphatic carbocycles. The first-order valence-corrected chi connectivity index (χ1v) is 13.6. The zero-order valence-corrected chi connectivity index (χ0v) is 22.8. The lowest BCUT2D eigenvalue weighted by Crippen LogP contribution is -2.36. The summed E-state index contributed by atoms with van der Waals surface area (Å²) in [6, 6.07) is 22.5. The highest BCUT2D eigenvalue weighted by Gasteiger charge is 2.36. The van der Waals surface area contributed by atoms with Crippen LogP contribution in [0.3, 0.4) is 0 Å². The van der Waals surface area contributed by atoms with E-state index in [0.717, 1.165) is 41.0 Å². The zero-order valence-electron chi connectivity index (χ0n) is 22.0. The fraction of sp³-hybridized carbons (Fsp3) is 0.233. The Morgan fingerprint density at radius 3 is 2.48 bits per heavy atom. The molecule has 0 unspecified atom stereocenters. The van der Waals surface area contributed by atoms with Crippen molar-refractivity contribution in [2.45, 2.75) is 6.61 Å². The van der Waals surface area contributed by atoms with Crippen molar-refractivity contribution in [3.8, 4) is 11.5 Å². The molecule has 40 heavy (non-hydrogen) atoms. The Bertz CT molecular complexity index is 1400. The average Bonchev–Trinajstić information content (AvgIpc) is 3.24. The van der Waals surface area contributed by atoms with Gasteiger partial charge in [0.05, 0.1) is 25.2 Å². The van der Waals surface area contributed by atoms with Crippen LogP contribution in [0.1, 0.15) is 11.1 Å². The van der Waals surface area contributed by atoms with Gasteiger partial charge in [0.1, 0.15) is 13.2 Å². The van der Waals surface area contributed by atoms with Crippen molar-refractivity contribution in [1.82, 2.24) is 4.90 Å². The maximum Gasteiger partial charge on any atom is 0.294 e. The van der Waals surface area contributed by atoms with Crippen LogP contribution >= 0.6 is 11.8 Å². The van der Waals surface area contributed by atoms with Crippen molar-refractivity contribution in [1.29, 1.82) is 0 Å². The van der Waals surface area contributed by atoms with Crippen molar-refractivity contribution in [2.24, 2.45) is 0 Å². The first-order chi connectivity index (χ1) is 19.5. The predicted octanol–water partition coefficient (Wildman–Crippen LogP) is 4.79. The van der Waals surface area contributed by atoms with Crippen LogP contribution in [0.5, 0.6) is 11.5 Å². The average molecular weight is 560 g/mol.